The highest BCUT2D eigenvalue weighted by atomic mass is 31.2. The highest BCUT2D eigenvalue weighted by molar-refractivity contribution is 7.47. The van der Waals surface area contributed by atoms with E-state index in [9.17, 15) is 43.2 Å². The summed E-state index contributed by atoms with van der Waals surface area (Å²) in [5.74, 6) is -0.481. The molecule has 0 amide bonds. The van der Waals surface area contributed by atoms with Gasteiger partial charge in [0.25, 0.3) is 0 Å². The Bertz CT molecular complexity index is 1940. The SMILES string of the molecule is CCCCCCCCCCCCCCCC(=O)O[C@H](COC(=O)CCCCCCCCCCC)COP(=O)(O)OC[C@H](O)COP(=O)(O)OC[C@@H](COC(=O)CCCCCCCCCCCCCCCCCC(C)C)OC(=O)CCCCCCCCCCCCCCCCCCCCC(C)C. The molecule has 0 bridgehead atoms. The molecular formula is C82H160O17P2. The lowest BCUT2D eigenvalue weighted by molar-refractivity contribution is -0.161. The summed E-state index contributed by atoms with van der Waals surface area (Å²) >= 11 is 0. The van der Waals surface area contributed by atoms with Crippen molar-refractivity contribution in [1.29, 1.82) is 0 Å². The minimum absolute atomic E-state index is 0.108. The highest BCUT2D eigenvalue weighted by Gasteiger charge is 2.30. The van der Waals surface area contributed by atoms with E-state index in [1.54, 1.807) is 0 Å². The maximum Gasteiger partial charge on any atom is 0.472 e. The van der Waals surface area contributed by atoms with Gasteiger partial charge < -0.3 is 33.8 Å². The Labute approximate surface area is 619 Å². The van der Waals surface area contributed by atoms with Gasteiger partial charge in [-0.1, -0.05) is 382 Å². The second-order valence-electron chi connectivity index (χ2n) is 30.5. The lowest BCUT2D eigenvalue weighted by Crippen LogP contribution is -2.30. The van der Waals surface area contributed by atoms with Crippen LogP contribution in [-0.2, 0) is 65.4 Å². The molecule has 0 saturated carbocycles. The molecule has 0 rings (SSSR count). The van der Waals surface area contributed by atoms with Crippen molar-refractivity contribution in [3.8, 4) is 0 Å². The van der Waals surface area contributed by atoms with Crippen molar-refractivity contribution in [1.82, 2.24) is 0 Å². The zero-order valence-corrected chi connectivity index (χ0v) is 68.0. The second kappa shape index (κ2) is 73.6. The van der Waals surface area contributed by atoms with E-state index in [-0.39, 0.29) is 25.7 Å². The van der Waals surface area contributed by atoms with Gasteiger partial charge in [0.15, 0.2) is 12.2 Å². The maximum absolute atomic E-state index is 13.1. The molecule has 3 N–H and O–H groups in total. The van der Waals surface area contributed by atoms with Gasteiger partial charge in [-0.15, -0.1) is 0 Å². The van der Waals surface area contributed by atoms with Gasteiger partial charge in [-0.05, 0) is 37.5 Å². The third kappa shape index (κ3) is 76.1. The lowest BCUT2D eigenvalue weighted by atomic mass is 10.0. The Kier molecular flexibility index (Phi) is 72.2. The van der Waals surface area contributed by atoms with Crippen LogP contribution in [0.3, 0.4) is 0 Å². The Morgan fingerprint density at radius 1 is 0.267 bits per heavy atom. The van der Waals surface area contributed by atoms with E-state index in [1.807, 2.05) is 0 Å². The molecule has 101 heavy (non-hydrogen) atoms. The van der Waals surface area contributed by atoms with Crippen LogP contribution in [0.25, 0.3) is 0 Å². The number of hydrogen-bond acceptors (Lipinski definition) is 15. The number of hydrogen-bond donors (Lipinski definition) is 3. The average molecular weight is 1480 g/mol. The molecule has 2 unspecified atom stereocenters. The van der Waals surface area contributed by atoms with Crippen LogP contribution in [0.5, 0.6) is 0 Å². The molecule has 0 aromatic heterocycles. The molecule has 0 aliphatic carbocycles. The van der Waals surface area contributed by atoms with E-state index in [2.05, 4.69) is 41.5 Å². The number of esters is 4. The molecule has 0 saturated heterocycles. The molecule has 0 aliphatic heterocycles. The Hall–Kier alpha value is -1.94. The topological polar surface area (TPSA) is 237 Å². The van der Waals surface area contributed by atoms with Crippen LogP contribution in [0, 0.1) is 11.8 Å². The number of aliphatic hydroxyl groups excluding tert-OH is 1. The van der Waals surface area contributed by atoms with Gasteiger partial charge in [-0.2, -0.15) is 0 Å². The Morgan fingerprint density at radius 2 is 0.455 bits per heavy atom. The van der Waals surface area contributed by atoms with Gasteiger partial charge >= 0.3 is 39.5 Å². The van der Waals surface area contributed by atoms with Crippen molar-refractivity contribution < 1.29 is 80.2 Å². The number of carbonyl (C=O) groups is 4. The smallest absolute Gasteiger partial charge is 0.462 e. The van der Waals surface area contributed by atoms with Crippen LogP contribution in [-0.4, -0.2) is 96.7 Å². The number of ether oxygens (including phenoxy) is 4. The predicted molar refractivity (Wildman–Crippen MR) is 414 cm³/mol. The van der Waals surface area contributed by atoms with Crippen LogP contribution < -0.4 is 0 Å². The number of rotatable bonds is 81. The fourth-order valence-electron chi connectivity index (χ4n) is 12.7. The van der Waals surface area contributed by atoms with Gasteiger partial charge in [-0.25, -0.2) is 9.13 Å². The molecule has 0 heterocycles. The summed E-state index contributed by atoms with van der Waals surface area (Å²) in [6.07, 6.45) is 63.8. The summed E-state index contributed by atoms with van der Waals surface area (Å²) in [5, 5.41) is 10.6. The summed E-state index contributed by atoms with van der Waals surface area (Å²) in [6, 6.07) is 0. The van der Waals surface area contributed by atoms with Crippen LogP contribution in [0.2, 0.25) is 0 Å². The molecule has 19 heteroatoms. The monoisotopic (exact) mass is 1480 g/mol. The summed E-state index contributed by atoms with van der Waals surface area (Å²) in [5.41, 5.74) is 0. The normalized spacial score (nSPS) is 13.9. The summed E-state index contributed by atoms with van der Waals surface area (Å²) in [4.78, 5) is 73.0. The van der Waals surface area contributed by atoms with E-state index in [4.69, 9.17) is 37.0 Å². The van der Waals surface area contributed by atoms with Gasteiger partial charge in [0.2, 0.25) is 0 Å². The molecule has 0 radical (unpaired) electrons. The Balaban J connectivity index is 5.20. The minimum atomic E-state index is -4.96. The average Bonchev–Trinajstić information content (AvgIpc) is 0.936. The molecule has 0 fully saturated rings. The number of carbonyl (C=O) groups excluding carboxylic acids is 4. The molecule has 17 nitrogen and oxygen atoms in total. The molecule has 600 valence electrons. The van der Waals surface area contributed by atoms with Crippen LogP contribution >= 0.6 is 15.6 Å². The predicted octanol–water partition coefficient (Wildman–Crippen LogP) is 24.7. The van der Waals surface area contributed by atoms with Crippen molar-refractivity contribution in [2.24, 2.45) is 11.8 Å². The first kappa shape index (κ1) is 99.1. The standard InChI is InChI=1S/C82H160O17P2/c1-7-9-11-13-15-17-18-28-36-42-48-54-60-66-81(86)98-77(70-92-79(84)64-58-52-46-38-16-14-12-10-8-2)72-96-100(88,89)94-68-76(83)69-95-101(90,91)97-73-78(71-93-80(85)65-59-53-47-41-35-31-27-23-25-30-34-40-45-51-57-63-75(5)6)99-82(87)67-61-55-49-43-37-32-26-22-20-19-21-24-29-33-39-44-50-56-62-74(3)4/h74-78,83H,7-73H2,1-6H3,(H,88,89)(H,90,91)/t76-,77+,78+/m0/s1. The number of unbranched alkanes of at least 4 members (excludes halogenated alkanes) is 51. The summed E-state index contributed by atoms with van der Waals surface area (Å²) in [6.45, 7) is 9.69. The van der Waals surface area contributed by atoms with Crippen LogP contribution in [0.15, 0.2) is 0 Å². The molecule has 0 aromatic carbocycles. The van der Waals surface area contributed by atoms with E-state index in [0.717, 1.165) is 102 Å². The number of phosphoric ester groups is 2. The first-order valence-electron chi connectivity index (χ1n) is 42.5. The van der Waals surface area contributed by atoms with E-state index in [1.165, 1.54) is 250 Å². The number of aliphatic hydroxyl groups is 1. The van der Waals surface area contributed by atoms with Crippen molar-refractivity contribution >= 4 is 39.5 Å². The molecular weight excluding hydrogens is 1320 g/mol. The second-order valence-corrected chi connectivity index (χ2v) is 33.4. The van der Waals surface area contributed by atoms with Crippen molar-refractivity contribution in [3.63, 3.8) is 0 Å². The number of phosphoric acid groups is 2. The quantitative estimate of drug-likeness (QED) is 0.0222. The summed E-state index contributed by atoms with van der Waals surface area (Å²) < 4.78 is 68.7. The fourth-order valence-corrected chi connectivity index (χ4v) is 14.3. The van der Waals surface area contributed by atoms with Gasteiger partial charge in [0.05, 0.1) is 26.4 Å². The highest BCUT2D eigenvalue weighted by Crippen LogP contribution is 2.45. The van der Waals surface area contributed by atoms with Crippen LogP contribution in [0.4, 0.5) is 0 Å². The molecule has 0 aromatic rings. The largest absolute Gasteiger partial charge is 0.472 e. The minimum Gasteiger partial charge on any atom is -0.462 e. The van der Waals surface area contributed by atoms with Crippen molar-refractivity contribution in [2.45, 2.75) is 452 Å². The van der Waals surface area contributed by atoms with E-state index >= 15 is 0 Å². The van der Waals surface area contributed by atoms with Gasteiger partial charge in [0.1, 0.15) is 19.3 Å². The zero-order chi connectivity index (χ0) is 74.2. The third-order valence-electron chi connectivity index (χ3n) is 19.2. The lowest BCUT2D eigenvalue weighted by Gasteiger charge is -2.21. The first-order chi connectivity index (χ1) is 48.9. The molecule has 0 spiro atoms. The summed E-state index contributed by atoms with van der Waals surface area (Å²) in [7, 11) is -9.92. The van der Waals surface area contributed by atoms with E-state index < -0.39 is 97.5 Å². The van der Waals surface area contributed by atoms with Crippen molar-refractivity contribution in [3.05, 3.63) is 0 Å². The third-order valence-corrected chi connectivity index (χ3v) is 21.1. The molecule has 0 aliphatic rings. The zero-order valence-electron chi connectivity index (χ0n) is 66.2. The molecule has 5 atom stereocenters. The maximum atomic E-state index is 13.1. The van der Waals surface area contributed by atoms with E-state index in [0.29, 0.717) is 25.7 Å². The Morgan fingerprint density at radius 3 is 0.673 bits per heavy atom. The van der Waals surface area contributed by atoms with Gasteiger partial charge in [0, 0.05) is 25.7 Å². The van der Waals surface area contributed by atoms with Crippen molar-refractivity contribution in [2.75, 3.05) is 39.6 Å². The first-order valence-corrected chi connectivity index (χ1v) is 45.5. The van der Waals surface area contributed by atoms with Crippen LogP contribution in [0.1, 0.15) is 433 Å². The fraction of sp³-hybridized carbons (Fsp3) is 0.951. The van der Waals surface area contributed by atoms with Gasteiger partial charge in [-0.3, -0.25) is 37.3 Å².